The van der Waals surface area contributed by atoms with E-state index < -0.39 is 5.97 Å². The summed E-state index contributed by atoms with van der Waals surface area (Å²) >= 11 is 0. The summed E-state index contributed by atoms with van der Waals surface area (Å²) in [6, 6.07) is 11.5. The van der Waals surface area contributed by atoms with Crippen molar-refractivity contribution in [3.8, 4) is 11.4 Å². The van der Waals surface area contributed by atoms with E-state index in [1.807, 2.05) is 47.2 Å². The normalized spacial score (nSPS) is 15.8. The van der Waals surface area contributed by atoms with Crippen LogP contribution < -0.4 is 10.1 Å². The number of amides is 1. The number of ether oxygens (including phenoxy) is 2. The molecule has 3 aromatic rings. The second kappa shape index (κ2) is 6.64. The van der Waals surface area contributed by atoms with Crippen molar-refractivity contribution in [2.45, 2.75) is 12.3 Å². The molecule has 1 atom stereocenters. The largest absolute Gasteiger partial charge is 0.497 e. The van der Waals surface area contributed by atoms with Gasteiger partial charge in [0.2, 0.25) is 5.91 Å². The van der Waals surface area contributed by atoms with Crippen LogP contribution in [0.4, 0.5) is 5.82 Å². The molecule has 138 valence electrons. The zero-order valence-corrected chi connectivity index (χ0v) is 14.9. The van der Waals surface area contributed by atoms with E-state index >= 15 is 0 Å². The van der Waals surface area contributed by atoms with Crippen LogP contribution in [0, 0.1) is 0 Å². The maximum Gasteiger partial charge on any atom is 0.356 e. The molecule has 1 amide bonds. The predicted octanol–water partition coefficient (Wildman–Crippen LogP) is 2.47. The molecule has 0 saturated carbocycles. The van der Waals surface area contributed by atoms with Crippen LogP contribution >= 0.6 is 0 Å². The van der Waals surface area contributed by atoms with E-state index in [9.17, 15) is 9.59 Å². The van der Waals surface area contributed by atoms with E-state index in [1.54, 1.807) is 7.11 Å². The smallest absolute Gasteiger partial charge is 0.356 e. The summed E-state index contributed by atoms with van der Waals surface area (Å²) in [4.78, 5) is 24.3. The first-order valence-electron chi connectivity index (χ1n) is 8.40. The molecule has 0 fully saturated rings. The van der Waals surface area contributed by atoms with Crippen LogP contribution in [0.5, 0.6) is 5.75 Å². The van der Waals surface area contributed by atoms with Crippen LogP contribution in [0.3, 0.4) is 0 Å². The molecule has 8 heteroatoms. The Morgan fingerprint density at radius 3 is 2.70 bits per heavy atom. The Hall–Kier alpha value is -3.55. The molecule has 0 saturated heterocycles. The number of anilines is 1. The number of esters is 1. The standard InChI is InChI=1S/C19H18N4O4/c1-26-12-7-5-11(6-8-12)23-9-3-4-14(23)13-10-15(24)20-18-16(13)17(21-22-18)19(25)27-2/h3-9,13H,10H2,1-2H3,(H2,20,21,22,24). The molecule has 2 aromatic heterocycles. The van der Waals surface area contributed by atoms with Crippen LogP contribution in [-0.2, 0) is 9.53 Å². The van der Waals surface area contributed by atoms with Crippen LogP contribution in [0.1, 0.15) is 34.1 Å². The number of nitrogens with one attached hydrogen (secondary N) is 2. The Morgan fingerprint density at radius 1 is 1.22 bits per heavy atom. The molecule has 1 aliphatic heterocycles. The van der Waals surface area contributed by atoms with Gasteiger partial charge in [0.05, 0.1) is 14.2 Å². The van der Waals surface area contributed by atoms with E-state index in [-0.39, 0.29) is 23.9 Å². The number of hydrogen-bond acceptors (Lipinski definition) is 5. The number of aromatic amines is 1. The van der Waals surface area contributed by atoms with Gasteiger partial charge in [-0.2, -0.15) is 5.10 Å². The molecule has 4 rings (SSSR count). The topological polar surface area (TPSA) is 98.2 Å². The zero-order chi connectivity index (χ0) is 19.0. The Balaban J connectivity index is 1.81. The first-order valence-corrected chi connectivity index (χ1v) is 8.40. The van der Waals surface area contributed by atoms with Crippen molar-refractivity contribution in [3.63, 3.8) is 0 Å². The van der Waals surface area contributed by atoms with Gasteiger partial charge in [0.15, 0.2) is 5.82 Å². The van der Waals surface area contributed by atoms with E-state index in [0.717, 1.165) is 17.1 Å². The third-order valence-corrected chi connectivity index (χ3v) is 4.68. The highest BCUT2D eigenvalue weighted by atomic mass is 16.5. The van der Waals surface area contributed by atoms with Crippen LogP contribution in [0.15, 0.2) is 42.6 Å². The van der Waals surface area contributed by atoms with Gasteiger partial charge in [0.25, 0.3) is 0 Å². The molecule has 0 radical (unpaired) electrons. The summed E-state index contributed by atoms with van der Waals surface area (Å²) in [7, 11) is 2.93. The predicted molar refractivity (Wildman–Crippen MR) is 97.3 cm³/mol. The number of H-pyrrole nitrogens is 1. The molecule has 27 heavy (non-hydrogen) atoms. The number of carbonyl (C=O) groups is 2. The molecule has 1 aromatic carbocycles. The lowest BCUT2D eigenvalue weighted by molar-refractivity contribution is -0.116. The van der Waals surface area contributed by atoms with Crippen molar-refractivity contribution in [2.75, 3.05) is 19.5 Å². The van der Waals surface area contributed by atoms with Crippen molar-refractivity contribution in [1.29, 1.82) is 0 Å². The molecule has 0 aliphatic carbocycles. The molecule has 2 N–H and O–H groups in total. The average molecular weight is 366 g/mol. The number of fused-ring (bicyclic) bond motifs is 1. The summed E-state index contributed by atoms with van der Waals surface area (Å²) in [5, 5.41) is 9.48. The number of benzene rings is 1. The maximum absolute atomic E-state index is 12.2. The molecule has 1 unspecified atom stereocenters. The van der Waals surface area contributed by atoms with E-state index in [2.05, 4.69) is 15.5 Å². The SMILES string of the molecule is COC(=O)c1[nH]nc2c1C(c1cccn1-c1ccc(OC)cc1)CC(=O)N2. The summed E-state index contributed by atoms with van der Waals surface area (Å²) < 4.78 is 12.0. The van der Waals surface area contributed by atoms with Gasteiger partial charge in [0.1, 0.15) is 11.4 Å². The van der Waals surface area contributed by atoms with Gasteiger partial charge in [-0.25, -0.2) is 4.79 Å². The van der Waals surface area contributed by atoms with Gasteiger partial charge < -0.3 is 19.4 Å². The monoisotopic (exact) mass is 366 g/mol. The van der Waals surface area contributed by atoms with E-state index in [1.165, 1.54) is 7.11 Å². The fourth-order valence-electron chi connectivity index (χ4n) is 3.42. The van der Waals surface area contributed by atoms with E-state index in [0.29, 0.717) is 11.4 Å². The zero-order valence-electron chi connectivity index (χ0n) is 14.9. The summed E-state index contributed by atoms with van der Waals surface area (Å²) in [6.45, 7) is 0. The molecular weight excluding hydrogens is 348 g/mol. The number of aromatic nitrogens is 3. The lowest BCUT2D eigenvalue weighted by Gasteiger charge is -2.24. The first-order chi connectivity index (χ1) is 13.1. The van der Waals surface area contributed by atoms with Crippen molar-refractivity contribution < 1.29 is 19.1 Å². The van der Waals surface area contributed by atoms with Crippen molar-refractivity contribution >= 4 is 17.7 Å². The quantitative estimate of drug-likeness (QED) is 0.691. The third kappa shape index (κ3) is 2.84. The fraction of sp³-hybridized carbons (Fsp3) is 0.211. The number of carbonyl (C=O) groups excluding carboxylic acids is 2. The van der Waals surface area contributed by atoms with Gasteiger partial charge in [-0.1, -0.05) is 0 Å². The minimum absolute atomic E-state index is 0.155. The van der Waals surface area contributed by atoms with Crippen LogP contribution in [0.25, 0.3) is 5.69 Å². The second-order valence-electron chi connectivity index (χ2n) is 6.16. The highest BCUT2D eigenvalue weighted by molar-refractivity contribution is 5.98. The molecular formula is C19H18N4O4. The van der Waals surface area contributed by atoms with Crippen LogP contribution in [-0.4, -0.2) is 40.9 Å². The lowest BCUT2D eigenvalue weighted by Crippen LogP contribution is -2.25. The summed E-state index contributed by atoms with van der Waals surface area (Å²) in [5.41, 5.74) is 2.68. The number of nitrogens with zero attached hydrogens (tertiary/aromatic N) is 2. The van der Waals surface area contributed by atoms with Gasteiger partial charge in [-0.05, 0) is 36.4 Å². The highest BCUT2D eigenvalue weighted by Crippen LogP contribution is 2.39. The average Bonchev–Trinajstić information content (AvgIpc) is 3.34. The van der Waals surface area contributed by atoms with Crippen molar-refractivity contribution in [2.24, 2.45) is 0 Å². The van der Waals surface area contributed by atoms with Crippen molar-refractivity contribution in [1.82, 2.24) is 14.8 Å². The Labute approximate surface area is 155 Å². The summed E-state index contributed by atoms with van der Waals surface area (Å²) in [5.74, 6) is 0.109. The maximum atomic E-state index is 12.2. The number of rotatable bonds is 4. The second-order valence-corrected chi connectivity index (χ2v) is 6.16. The number of methoxy groups -OCH3 is 2. The van der Waals surface area contributed by atoms with Crippen LogP contribution in [0.2, 0.25) is 0 Å². The van der Waals surface area contributed by atoms with Gasteiger partial charge in [-0.3, -0.25) is 9.89 Å². The molecule has 1 aliphatic rings. The third-order valence-electron chi connectivity index (χ3n) is 4.68. The van der Waals surface area contributed by atoms with Gasteiger partial charge >= 0.3 is 5.97 Å². The molecule has 8 nitrogen and oxygen atoms in total. The first kappa shape index (κ1) is 16.9. The number of hydrogen-bond donors (Lipinski definition) is 2. The van der Waals surface area contributed by atoms with Gasteiger partial charge in [0, 0.05) is 35.5 Å². The van der Waals surface area contributed by atoms with E-state index in [4.69, 9.17) is 9.47 Å². The highest BCUT2D eigenvalue weighted by Gasteiger charge is 2.35. The Kier molecular flexibility index (Phi) is 4.15. The lowest BCUT2D eigenvalue weighted by atomic mass is 9.88. The minimum atomic E-state index is -0.521. The van der Waals surface area contributed by atoms with Gasteiger partial charge in [-0.15, -0.1) is 0 Å². The Morgan fingerprint density at radius 2 is 2.00 bits per heavy atom. The Bertz CT molecular complexity index is 1000. The fourth-order valence-corrected chi connectivity index (χ4v) is 3.42. The molecule has 0 spiro atoms. The van der Waals surface area contributed by atoms with Crippen molar-refractivity contribution in [3.05, 3.63) is 59.5 Å². The summed E-state index contributed by atoms with van der Waals surface area (Å²) in [6.07, 6.45) is 2.12. The molecule has 0 bridgehead atoms. The minimum Gasteiger partial charge on any atom is -0.497 e. The molecule has 3 heterocycles.